The summed E-state index contributed by atoms with van der Waals surface area (Å²) in [6.45, 7) is 10.7. The standard InChI is InChI=1S/C16H24ClNO3.C2H5N/c1-6-18(10-9-11(2)3)16(19)12-7-8-13(20-4)15(21-5)14(12)17;1-3-2/h7-8,11H,6,9-10H2,1-5H3;1H2,2H3. The maximum atomic E-state index is 12.6. The number of methoxy groups -OCH3 is 2. The van der Waals surface area contributed by atoms with E-state index in [1.54, 1.807) is 24.1 Å². The number of amides is 1. The van der Waals surface area contributed by atoms with Gasteiger partial charge in [0, 0.05) is 20.1 Å². The Morgan fingerprint density at radius 1 is 1.33 bits per heavy atom. The third-order valence-electron chi connectivity index (χ3n) is 3.36. The Bertz CT molecular complexity index is 533. The lowest BCUT2D eigenvalue weighted by molar-refractivity contribution is 0.0757. The van der Waals surface area contributed by atoms with Crippen LogP contribution in [0.25, 0.3) is 0 Å². The Labute approximate surface area is 150 Å². The number of aliphatic imine (C=N–C) groups is 1. The molecule has 0 aromatic heterocycles. The van der Waals surface area contributed by atoms with Gasteiger partial charge in [-0.1, -0.05) is 25.4 Å². The molecule has 1 aromatic carbocycles. The Morgan fingerprint density at radius 3 is 2.33 bits per heavy atom. The van der Waals surface area contributed by atoms with E-state index in [0.717, 1.165) is 13.0 Å². The van der Waals surface area contributed by atoms with Crippen molar-refractivity contribution < 1.29 is 14.3 Å². The fourth-order valence-electron chi connectivity index (χ4n) is 2.04. The molecule has 0 bridgehead atoms. The topological polar surface area (TPSA) is 51.1 Å². The molecule has 136 valence electrons. The van der Waals surface area contributed by atoms with Gasteiger partial charge in [0.05, 0.1) is 24.8 Å². The third kappa shape index (κ3) is 6.40. The molecule has 0 aliphatic rings. The van der Waals surface area contributed by atoms with Crippen LogP contribution in [0.4, 0.5) is 0 Å². The monoisotopic (exact) mass is 356 g/mol. The van der Waals surface area contributed by atoms with Crippen LogP contribution in [0.5, 0.6) is 11.5 Å². The maximum absolute atomic E-state index is 12.6. The highest BCUT2D eigenvalue weighted by atomic mass is 35.5. The summed E-state index contributed by atoms with van der Waals surface area (Å²) in [6, 6.07) is 3.39. The second-order valence-corrected chi connectivity index (χ2v) is 5.92. The lowest BCUT2D eigenvalue weighted by Crippen LogP contribution is -2.32. The van der Waals surface area contributed by atoms with Crippen molar-refractivity contribution in [2.45, 2.75) is 27.2 Å². The van der Waals surface area contributed by atoms with Crippen LogP contribution in [-0.4, -0.2) is 51.9 Å². The van der Waals surface area contributed by atoms with Crippen molar-refractivity contribution in [3.8, 4) is 11.5 Å². The first-order chi connectivity index (χ1) is 11.4. The predicted octanol–water partition coefficient (Wildman–Crippen LogP) is 4.18. The summed E-state index contributed by atoms with van der Waals surface area (Å²) < 4.78 is 10.4. The molecule has 0 atom stereocenters. The molecule has 0 saturated carbocycles. The van der Waals surface area contributed by atoms with E-state index in [-0.39, 0.29) is 5.91 Å². The first-order valence-corrected chi connectivity index (χ1v) is 8.30. The molecule has 24 heavy (non-hydrogen) atoms. The van der Waals surface area contributed by atoms with Gasteiger partial charge in [0.25, 0.3) is 5.91 Å². The highest BCUT2D eigenvalue weighted by Gasteiger charge is 2.21. The minimum atomic E-state index is -0.0795. The summed E-state index contributed by atoms with van der Waals surface area (Å²) in [7, 11) is 4.69. The molecule has 0 heterocycles. The molecular weight excluding hydrogens is 328 g/mol. The molecule has 6 heteroatoms. The first kappa shape index (κ1) is 22.2. The van der Waals surface area contributed by atoms with Gasteiger partial charge in [-0.05, 0) is 38.1 Å². The Morgan fingerprint density at radius 2 is 1.92 bits per heavy atom. The van der Waals surface area contributed by atoms with E-state index in [9.17, 15) is 4.79 Å². The number of rotatable bonds is 7. The highest BCUT2D eigenvalue weighted by molar-refractivity contribution is 6.35. The first-order valence-electron chi connectivity index (χ1n) is 7.92. The van der Waals surface area contributed by atoms with Crippen LogP contribution in [0.1, 0.15) is 37.6 Å². The summed E-state index contributed by atoms with van der Waals surface area (Å²) in [5.74, 6) is 1.38. The summed E-state index contributed by atoms with van der Waals surface area (Å²) in [6.07, 6.45) is 0.963. The van der Waals surface area contributed by atoms with Gasteiger partial charge >= 0.3 is 0 Å². The van der Waals surface area contributed by atoms with Gasteiger partial charge in [0.2, 0.25) is 0 Å². The van der Waals surface area contributed by atoms with Crippen molar-refractivity contribution in [3.63, 3.8) is 0 Å². The fraction of sp³-hybridized carbons (Fsp3) is 0.556. The average Bonchev–Trinajstić information content (AvgIpc) is 2.55. The quantitative estimate of drug-likeness (QED) is 0.688. The molecule has 0 unspecified atom stereocenters. The molecule has 0 aliphatic carbocycles. The van der Waals surface area contributed by atoms with Gasteiger partial charge in [-0.2, -0.15) is 0 Å². The van der Waals surface area contributed by atoms with Crippen LogP contribution in [-0.2, 0) is 0 Å². The molecule has 1 rings (SSSR count). The molecule has 1 amide bonds. The Kier molecular flexibility index (Phi) is 10.9. The lowest BCUT2D eigenvalue weighted by Gasteiger charge is -2.23. The third-order valence-corrected chi connectivity index (χ3v) is 3.74. The largest absolute Gasteiger partial charge is 0.493 e. The van der Waals surface area contributed by atoms with Crippen molar-refractivity contribution >= 4 is 24.2 Å². The van der Waals surface area contributed by atoms with E-state index in [1.165, 1.54) is 14.2 Å². The fourth-order valence-corrected chi connectivity index (χ4v) is 2.36. The van der Waals surface area contributed by atoms with Gasteiger partial charge in [-0.15, -0.1) is 0 Å². The van der Waals surface area contributed by atoms with Crippen LogP contribution < -0.4 is 9.47 Å². The van der Waals surface area contributed by atoms with Gasteiger partial charge in [-0.3, -0.25) is 4.79 Å². The lowest BCUT2D eigenvalue weighted by atomic mass is 10.1. The second-order valence-electron chi connectivity index (χ2n) is 5.55. The molecule has 0 saturated heterocycles. The molecular formula is C18H29ClN2O3. The van der Waals surface area contributed by atoms with E-state index in [1.807, 2.05) is 6.92 Å². The minimum absolute atomic E-state index is 0.0795. The van der Waals surface area contributed by atoms with Crippen molar-refractivity contribution in [3.05, 3.63) is 22.7 Å². The number of hydrogen-bond donors (Lipinski definition) is 0. The summed E-state index contributed by atoms with van der Waals surface area (Å²) >= 11 is 6.30. The zero-order valence-corrected chi connectivity index (χ0v) is 16.3. The smallest absolute Gasteiger partial charge is 0.255 e. The van der Waals surface area contributed by atoms with E-state index in [0.29, 0.717) is 34.5 Å². The van der Waals surface area contributed by atoms with Crippen molar-refractivity contribution in [2.75, 3.05) is 34.4 Å². The number of ether oxygens (including phenoxy) is 2. The summed E-state index contributed by atoms with van der Waals surface area (Å²) in [4.78, 5) is 17.7. The van der Waals surface area contributed by atoms with Crippen LogP contribution >= 0.6 is 11.6 Å². The minimum Gasteiger partial charge on any atom is -0.493 e. The van der Waals surface area contributed by atoms with E-state index in [4.69, 9.17) is 21.1 Å². The summed E-state index contributed by atoms with van der Waals surface area (Å²) in [5, 5.41) is 0.296. The molecule has 0 aliphatic heterocycles. The van der Waals surface area contributed by atoms with Crippen molar-refractivity contribution in [1.29, 1.82) is 0 Å². The molecule has 0 N–H and O–H groups in total. The van der Waals surface area contributed by atoms with E-state index in [2.05, 4.69) is 25.6 Å². The number of carbonyl (C=O) groups is 1. The Balaban J connectivity index is 0.00000163. The zero-order valence-electron chi connectivity index (χ0n) is 15.6. The average molecular weight is 357 g/mol. The van der Waals surface area contributed by atoms with E-state index >= 15 is 0 Å². The van der Waals surface area contributed by atoms with Crippen LogP contribution in [0.3, 0.4) is 0 Å². The van der Waals surface area contributed by atoms with Gasteiger partial charge in [0.1, 0.15) is 0 Å². The highest BCUT2D eigenvalue weighted by Crippen LogP contribution is 2.37. The number of carbonyl (C=O) groups excluding carboxylic acids is 1. The van der Waals surface area contributed by atoms with Crippen LogP contribution in [0.2, 0.25) is 5.02 Å². The van der Waals surface area contributed by atoms with Crippen molar-refractivity contribution in [1.82, 2.24) is 4.90 Å². The predicted molar refractivity (Wildman–Crippen MR) is 101 cm³/mol. The molecule has 0 spiro atoms. The van der Waals surface area contributed by atoms with Gasteiger partial charge in [0.15, 0.2) is 11.5 Å². The van der Waals surface area contributed by atoms with Gasteiger partial charge in [-0.25, -0.2) is 0 Å². The molecule has 1 aromatic rings. The number of halogens is 1. The second kappa shape index (κ2) is 11.7. The maximum Gasteiger partial charge on any atom is 0.255 e. The molecule has 0 radical (unpaired) electrons. The van der Waals surface area contributed by atoms with Crippen molar-refractivity contribution in [2.24, 2.45) is 10.9 Å². The summed E-state index contributed by atoms with van der Waals surface area (Å²) in [5.41, 5.74) is 0.444. The van der Waals surface area contributed by atoms with Crippen LogP contribution in [0.15, 0.2) is 17.1 Å². The van der Waals surface area contributed by atoms with Crippen LogP contribution in [0, 0.1) is 5.92 Å². The number of nitrogens with zero attached hydrogens (tertiary/aromatic N) is 2. The number of hydrogen-bond acceptors (Lipinski definition) is 4. The molecule has 0 fully saturated rings. The SMILES string of the molecule is C=NC.CCN(CCC(C)C)C(=O)c1ccc(OC)c(OC)c1Cl. The normalized spacial score (nSPS) is 9.83. The van der Waals surface area contributed by atoms with Gasteiger partial charge < -0.3 is 19.4 Å². The Hall–Kier alpha value is -1.75. The zero-order chi connectivity index (χ0) is 18.7. The van der Waals surface area contributed by atoms with E-state index < -0.39 is 0 Å². The molecule has 5 nitrogen and oxygen atoms in total. The number of benzene rings is 1.